The van der Waals surface area contributed by atoms with Crippen LogP contribution in [0.25, 0.3) is 0 Å². The largest absolute Gasteiger partial charge is 0.456 e. The minimum absolute atomic E-state index is 0.00873. The molecule has 1 aliphatic heterocycles. The molecule has 4 rings (SSSR count). The highest BCUT2D eigenvalue weighted by Crippen LogP contribution is 2.29. The van der Waals surface area contributed by atoms with Gasteiger partial charge in [0, 0.05) is 36.9 Å². The van der Waals surface area contributed by atoms with E-state index in [2.05, 4.69) is 15.2 Å². The lowest BCUT2D eigenvalue weighted by Crippen LogP contribution is -2.37. The summed E-state index contributed by atoms with van der Waals surface area (Å²) in [4.78, 5) is 18.9. The molecule has 2 heterocycles. The van der Waals surface area contributed by atoms with E-state index < -0.39 is 0 Å². The molecule has 1 amide bonds. The molecular weight excluding hydrogens is 302 g/mol. The van der Waals surface area contributed by atoms with Crippen LogP contribution >= 0.6 is 0 Å². The van der Waals surface area contributed by atoms with Crippen molar-refractivity contribution in [3.05, 3.63) is 54.4 Å². The van der Waals surface area contributed by atoms with Crippen LogP contribution in [0.4, 0.5) is 0 Å². The minimum atomic E-state index is -0.00873. The fraction of sp³-hybridized carbons (Fsp3) is 0.368. The number of carbonyl (C=O) groups excluding carboxylic acids is 1. The molecule has 2 fully saturated rings. The highest BCUT2D eigenvalue weighted by atomic mass is 16.5. The second kappa shape index (κ2) is 6.61. The van der Waals surface area contributed by atoms with Gasteiger partial charge < -0.3 is 10.1 Å². The Kier molecular flexibility index (Phi) is 4.17. The smallest absolute Gasteiger partial charge is 0.251 e. The Balaban J connectivity index is 1.33. The zero-order chi connectivity index (χ0) is 16.4. The van der Waals surface area contributed by atoms with Crippen molar-refractivity contribution in [2.45, 2.75) is 31.3 Å². The van der Waals surface area contributed by atoms with E-state index >= 15 is 0 Å². The third kappa shape index (κ3) is 3.57. The summed E-state index contributed by atoms with van der Waals surface area (Å²) in [6.45, 7) is 2.09. The van der Waals surface area contributed by atoms with Gasteiger partial charge in [-0.2, -0.15) is 0 Å². The van der Waals surface area contributed by atoms with E-state index in [-0.39, 0.29) is 11.9 Å². The second-order valence-electron chi connectivity index (χ2n) is 6.50. The molecule has 1 aromatic carbocycles. The average Bonchev–Trinajstić information content (AvgIpc) is 3.36. The highest BCUT2D eigenvalue weighted by Gasteiger charge is 2.34. The fourth-order valence-corrected chi connectivity index (χ4v) is 3.16. The van der Waals surface area contributed by atoms with Gasteiger partial charge in [0.1, 0.15) is 11.5 Å². The molecular formula is C19H21N3O2. The molecule has 5 heteroatoms. The molecule has 1 aliphatic carbocycles. The van der Waals surface area contributed by atoms with Crippen LogP contribution < -0.4 is 10.1 Å². The second-order valence-corrected chi connectivity index (χ2v) is 6.50. The highest BCUT2D eigenvalue weighted by molar-refractivity contribution is 5.94. The number of pyridine rings is 1. The van der Waals surface area contributed by atoms with E-state index in [0.29, 0.717) is 17.1 Å². The Morgan fingerprint density at radius 1 is 1.12 bits per heavy atom. The van der Waals surface area contributed by atoms with Gasteiger partial charge in [0.2, 0.25) is 0 Å². The standard InChI is InChI=1S/C19H21N3O2/c23-19(21-15-9-11-22(13-15)16-5-6-16)14-3-7-17(8-4-14)24-18-2-1-10-20-12-18/h1-4,7-8,10,12,15-16H,5-6,9,11,13H2,(H,21,23)/t15-/m1/s1. The number of nitrogens with zero attached hydrogens (tertiary/aromatic N) is 2. The molecule has 5 nitrogen and oxygen atoms in total. The van der Waals surface area contributed by atoms with Crippen molar-refractivity contribution in [1.29, 1.82) is 0 Å². The van der Waals surface area contributed by atoms with Crippen LogP contribution in [-0.4, -0.2) is 41.0 Å². The van der Waals surface area contributed by atoms with Crippen LogP contribution in [0.5, 0.6) is 11.5 Å². The van der Waals surface area contributed by atoms with Crippen molar-refractivity contribution in [2.75, 3.05) is 13.1 Å². The molecule has 1 N–H and O–H groups in total. The Morgan fingerprint density at radius 3 is 2.67 bits per heavy atom. The first-order valence-corrected chi connectivity index (χ1v) is 8.51. The van der Waals surface area contributed by atoms with E-state index in [1.807, 2.05) is 24.3 Å². The van der Waals surface area contributed by atoms with Gasteiger partial charge in [-0.3, -0.25) is 14.7 Å². The van der Waals surface area contributed by atoms with Crippen molar-refractivity contribution in [3.8, 4) is 11.5 Å². The third-order valence-corrected chi connectivity index (χ3v) is 4.60. The van der Waals surface area contributed by atoms with Gasteiger partial charge >= 0.3 is 0 Å². The molecule has 2 aromatic rings. The summed E-state index contributed by atoms with van der Waals surface area (Å²) in [5.41, 5.74) is 0.665. The van der Waals surface area contributed by atoms with Crippen LogP contribution in [0.15, 0.2) is 48.8 Å². The number of aromatic nitrogens is 1. The van der Waals surface area contributed by atoms with E-state index in [9.17, 15) is 4.79 Å². The number of hydrogen-bond donors (Lipinski definition) is 1. The quantitative estimate of drug-likeness (QED) is 0.919. The molecule has 0 bridgehead atoms. The average molecular weight is 323 g/mol. The van der Waals surface area contributed by atoms with Crippen molar-refractivity contribution in [3.63, 3.8) is 0 Å². The topological polar surface area (TPSA) is 54.5 Å². The zero-order valence-electron chi connectivity index (χ0n) is 13.5. The van der Waals surface area contributed by atoms with Gasteiger partial charge in [-0.1, -0.05) is 0 Å². The summed E-state index contributed by atoms with van der Waals surface area (Å²) >= 11 is 0. The molecule has 1 saturated carbocycles. The third-order valence-electron chi connectivity index (χ3n) is 4.60. The van der Waals surface area contributed by atoms with Crippen molar-refractivity contribution in [1.82, 2.24) is 15.2 Å². The van der Waals surface area contributed by atoms with Crippen molar-refractivity contribution < 1.29 is 9.53 Å². The molecule has 24 heavy (non-hydrogen) atoms. The molecule has 1 aromatic heterocycles. The SMILES string of the molecule is O=C(N[C@@H]1CCN(C2CC2)C1)c1ccc(Oc2cccnc2)cc1. The van der Waals surface area contributed by atoms with E-state index in [1.54, 1.807) is 24.5 Å². The maximum absolute atomic E-state index is 12.4. The lowest BCUT2D eigenvalue weighted by molar-refractivity contribution is 0.0937. The van der Waals surface area contributed by atoms with Crippen LogP contribution in [0.2, 0.25) is 0 Å². The van der Waals surface area contributed by atoms with Gasteiger partial charge in [0.25, 0.3) is 5.91 Å². The summed E-state index contributed by atoms with van der Waals surface area (Å²) in [6.07, 6.45) is 7.04. The molecule has 124 valence electrons. The summed E-state index contributed by atoms with van der Waals surface area (Å²) in [5.74, 6) is 1.37. The number of ether oxygens (including phenoxy) is 1. The first-order chi connectivity index (χ1) is 11.8. The number of amides is 1. The predicted molar refractivity (Wildman–Crippen MR) is 91.2 cm³/mol. The summed E-state index contributed by atoms with van der Waals surface area (Å²) in [7, 11) is 0. The molecule has 2 aliphatic rings. The van der Waals surface area contributed by atoms with Crippen molar-refractivity contribution in [2.24, 2.45) is 0 Å². The first-order valence-electron chi connectivity index (χ1n) is 8.51. The van der Waals surface area contributed by atoms with Gasteiger partial charge in [-0.05, 0) is 55.7 Å². The fourth-order valence-electron chi connectivity index (χ4n) is 3.16. The monoisotopic (exact) mass is 323 g/mol. The number of rotatable bonds is 5. The van der Waals surface area contributed by atoms with Crippen LogP contribution in [0, 0.1) is 0 Å². The normalized spacial score (nSPS) is 20.8. The van der Waals surface area contributed by atoms with Gasteiger partial charge in [-0.15, -0.1) is 0 Å². The molecule has 0 unspecified atom stereocenters. The lowest BCUT2D eigenvalue weighted by Gasteiger charge is -2.16. The van der Waals surface area contributed by atoms with Gasteiger partial charge in [0.15, 0.2) is 0 Å². The summed E-state index contributed by atoms with van der Waals surface area (Å²) in [6, 6.07) is 11.9. The number of benzene rings is 1. The Labute approximate surface area is 141 Å². The van der Waals surface area contributed by atoms with Crippen LogP contribution in [-0.2, 0) is 0 Å². The first kappa shape index (κ1) is 15.1. The van der Waals surface area contributed by atoms with Gasteiger partial charge in [0.05, 0.1) is 6.20 Å². The van der Waals surface area contributed by atoms with E-state index in [1.165, 1.54) is 12.8 Å². The molecule has 0 radical (unpaired) electrons. The van der Waals surface area contributed by atoms with E-state index in [4.69, 9.17) is 4.74 Å². The minimum Gasteiger partial charge on any atom is -0.456 e. The summed E-state index contributed by atoms with van der Waals surface area (Å²) < 4.78 is 5.69. The number of hydrogen-bond acceptors (Lipinski definition) is 4. The Morgan fingerprint density at radius 2 is 1.96 bits per heavy atom. The number of likely N-dealkylation sites (tertiary alicyclic amines) is 1. The van der Waals surface area contributed by atoms with Crippen molar-refractivity contribution >= 4 is 5.91 Å². The number of nitrogens with one attached hydrogen (secondary N) is 1. The number of carbonyl (C=O) groups is 1. The lowest BCUT2D eigenvalue weighted by atomic mass is 10.2. The zero-order valence-corrected chi connectivity index (χ0v) is 13.5. The molecule has 1 saturated heterocycles. The maximum Gasteiger partial charge on any atom is 0.251 e. The Bertz CT molecular complexity index is 698. The Hall–Kier alpha value is -2.40. The van der Waals surface area contributed by atoms with Gasteiger partial charge in [-0.25, -0.2) is 0 Å². The van der Waals surface area contributed by atoms with E-state index in [0.717, 1.165) is 25.6 Å². The molecule has 0 spiro atoms. The summed E-state index contributed by atoms with van der Waals surface area (Å²) in [5, 5.41) is 3.15. The molecule has 1 atom stereocenters. The van der Waals surface area contributed by atoms with Crippen LogP contribution in [0.3, 0.4) is 0 Å². The maximum atomic E-state index is 12.4. The van der Waals surface area contributed by atoms with Crippen LogP contribution in [0.1, 0.15) is 29.6 Å². The predicted octanol–water partition coefficient (Wildman–Crippen LogP) is 2.84.